The Bertz CT molecular complexity index is 3480. The summed E-state index contributed by atoms with van der Waals surface area (Å²) in [5.41, 5.74) is 5.44. The van der Waals surface area contributed by atoms with Crippen molar-refractivity contribution in [2.45, 2.75) is 70.3 Å². The van der Waals surface area contributed by atoms with Crippen LogP contribution in [0.3, 0.4) is 0 Å². The molecule has 422 valence electrons. The van der Waals surface area contributed by atoms with E-state index in [0.29, 0.717) is 35.2 Å². The van der Waals surface area contributed by atoms with Gasteiger partial charge in [-0.15, -0.1) is 11.3 Å². The molecule has 5 N–H and O–H groups in total. The summed E-state index contributed by atoms with van der Waals surface area (Å²) in [5.74, 6) is -5.03. The van der Waals surface area contributed by atoms with Gasteiger partial charge in [-0.2, -0.15) is 12.7 Å². The van der Waals surface area contributed by atoms with E-state index in [0.717, 1.165) is 76.5 Å². The molecule has 3 aromatic carbocycles. The Morgan fingerprint density at radius 1 is 0.950 bits per heavy atom. The van der Waals surface area contributed by atoms with Crippen LogP contribution in [0.2, 0.25) is 0 Å². The zero-order chi connectivity index (χ0) is 56.4. The minimum atomic E-state index is -4.38. The van der Waals surface area contributed by atoms with E-state index in [1.165, 1.54) is 22.4 Å². The molecule has 7 aromatic rings. The molecule has 10 rings (SSSR count). The smallest absolute Gasteiger partial charge is 0.301 e. The lowest BCUT2D eigenvalue weighted by Crippen LogP contribution is -2.49. The van der Waals surface area contributed by atoms with Crippen molar-refractivity contribution in [1.29, 1.82) is 0 Å². The zero-order valence-corrected chi connectivity index (χ0v) is 45.8. The van der Waals surface area contributed by atoms with E-state index in [-0.39, 0.29) is 61.6 Å². The number of β-amino-alcohol motifs (C(OH)–C–C–N with tert-alkyl or cyclic N) is 1. The van der Waals surface area contributed by atoms with Gasteiger partial charge in [-0.1, -0.05) is 50.2 Å². The second-order valence-electron chi connectivity index (χ2n) is 20.7. The number of fused-ring (bicyclic) bond motifs is 1. The van der Waals surface area contributed by atoms with Gasteiger partial charge in [0.05, 0.1) is 52.7 Å². The number of carbonyl (C=O) groups excluding carboxylic acids is 3. The molecule has 24 heteroatoms. The number of benzene rings is 3. The molecule has 0 unspecified atom stereocenters. The Hall–Kier alpha value is -7.22. The van der Waals surface area contributed by atoms with Gasteiger partial charge < -0.3 is 39.6 Å². The van der Waals surface area contributed by atoms with Crippen LogP contribution in [0.15, 0.2) is 95.2 Å². The van der Waals surface area contributed by atoms with Gasteiger partial charge in [0.25, 0.3) is 5.88 Å². The Balaban J connectivity index is 0.697. The van der Waals surface area contributed by atoms with Crippen LogP contribution < -0.4 is 19.7 Å². The monoisotopic (exact) mass is 1140 g/mol. The molecule has 0 spiro atoms. The Morgan fingerprint density at radius 3 is 2.39 bits per heavy atom. The first kappa shape index (κ1) is 56.1. The molecule has 0 aliphatic carbocycles. The van der Waals surface area contributed by atoms with Gasteiger partial charge in [-0.25, -0.2) is 23.1 Å². The Kier molecular flexibility index (Phi) is 16.7. The van der Waals surface area contributed by atoms with Crippen molar-refractivity contribution < 1.29 is 55.4 Å². The number of amides is 2. The molecule has 4 aromatic heterocycles. The van der Waals surface area contributed by atoms with E-state index in [9.17, 15) is 37.4 Å². The molecule has 0 bridgehead atoms. The van der Waals surface area contributed by atoms with Crippen LogP contribution in [-0.2, 0) is 19.8 Å². The topological polar surface area (TPSA) is 240 Å². The van der Waals surface area contributed by atoms with Crippen LogP contribution >= 0.6 is 11.3 Å². The first-order valence-electron chi connectivity index (χ1n) is 26.4. The normalized spacial score (nSPS) is 19.0. The number of anilines is 2. The summed E-state index contributed by atoms with van der Waals surface area (Å²) >= 11 is 1.53. The number of piperazine rings is 1. The molecule has 19 nitrogen and oxygen atoms in total. The number of ketones is 1. The maximum absolute atomic E-state index is 15.8. The second kappa shape index (κ2) is 23.9. The lowest BCUT2D eigenvalue weighted by Gasteiger charge is -2.36. The summed E-state index contributed by atoms with van der Waals surface area (Å²) in [7, 11) is -4.38. The van der Waals surface area contributed by atoms with E-state index in [4.69, 9.17) is 9.26 Å². The number of thiazole rings is 1. The molecule has 3 aliphatic heterocycles. The van der Waals surface area contributed by atoms with Crippen molar-refractivity contribution in [3.05, 3.63) is 130 Å². The van der Waals surface area contributed by atoms with Crippen molar-refractivity contribution >= 4 is 61.6 Å². The van der Waals surface area contributed by atoms with Crippen LogP contribution in [0.1, 0.15) is 78.0 Å². The number of aryl methyl sites for hydroxylation is 1. The number of likely N-dealkylation sites (tertiary alicyclic amines) is 1. The van der Waals surface area contributed by atoms with Crippen LogP contribution in [0.5, 0.6) is 5.88 Å². The molecule has 0 saturated carbocycles. The largest absolute Gasteiger partial charge is 0.475 e. The fourth-order valence-corrected chi connectivity index (χ4v) is 12.7. The van der Waals surface area contributed by atoms with Gasteiger partial charge in [0.1, 0.15) is 29.6 Å². The van der Waals surface area contributed by atoms with E-state index in [1.54, 1.807) is 23.8 Å². The van der Waals surface area contributed by atoms with Gasteiger partial charge in [-0.3, -0.25) is 24.0 Å². The number of aromatic amines is 1. The van der Waals surface area contributed by atoms with Gasteiger partial charge in [0.2, 0.25) is 17.6 Å². The lowest BCUT2D eigenvalue weighted by molar-refractivity contribution is -0.141. The third-order valence-corrected chi connectivity index (χ3v) is 17.5. The average molecular weight is 1140 g/mol. The molecule has 5 atom stereocenters. The van der Waals surface area contributed by atoms with Crippen LogP contribution in [-0.4, -0.2) is 154 Å². The number of alkyl halides is 1. The van der Waals surface area contributed by atoms with E-state index < -0.39 is 81.6 Å². The number of hydrogen-bond acceptors (Lipinski definition) is 15. The first-order chi connectivity index (χ1) is 38.5. The first-order valence-corrected chi connectivity index (χ1v) is 28.8. The minimum Gasteiger partial charge on any atom is -0.475 e. The van der Waals surface area contributed by atoms with Gasteiger partial charge in [0, 0.05) is 99.4 Å². The molecular weight excluding hydrogens is 1080 g/mol. The SMILES string of the molecule is Cc1ncsc1-c1ccc([C@H](CO)NC(=O)[C@@H]2C[C@@H](O)CN2C(=O)[C@H](c2cc(OCCCN3CCN(c4ccc(-c5cnc6[nH]cc(C(=O)c7c(F)ccc(NS(=O)(=O)N8CC[C@@H](F)C8)c7F)c6c5)cc4)CC3)no2)C(C)C)cc1. The summed E-state index contributed by atoms with van der Waals surface area (Å²) in [6, 6.07) is 18.6. The van der Waals surface area contributed by atoms with Crippen molar-refractivity contribution in [3.8, 4) is 27.4 Å². The summed E-state index contributed by atoms with van der Waals surface area (Å²) in [6.07, 6.45) is 1.37. The maximum Gasteiger partial charge on any atom is 0.301 e. The van der Waals surface area contributed by atoms with Crippen molar-refractivity contribution in [2.75, 3.05) is 75.2 Å². The van der Waals surface area contributed by atoms with Crippen LogP contribution in [0, 0.1) is 24.5 Å². The number of nitrogens with zero attached hydrogens (tertiary/aromatic N) is 7. The third kappa shape index (κ3) is 12.0. The number of rotatable bonds is 20. The molecule has 0 radical (unpaired) electrons. The number of aromatic nitrogens is 4. The zero-order valence-electron chi connectivity index (χ0n) is 44.1. The Morgan fingerprint density at radius 2 is 1.70 bits per heavy atom. The molecule has 7 heterocycles. The highest BCUT2D eigenvalue weighted by atomic mass is 32.2. The number of aliphatic hydroxyl groups is 2. The van der Waals surface area contributed by atoms with Crippen molar-refractivity contribution in [1.82, 2.24) is 39.5 Å². The summed E-state index contributed by atoms with van der Waals surface area (Å²) in [5, 5.41) is 28.3. The van der Waals surface area contributed by atoms with E-state index in [1.807, 2.05) is 74.0 Å². The van der Waals surface area contributed by atoms with E-state index in [2.05, 4.69) is 35.2 Å². The standard InChI is InChI=1S/C56H61F3N10O9S2/c1-32(2)49(56(74)69-29-40(71)24-46(69)55(73)63-45(30-70)35-5-7-36(8-6-35)53-33(3)62-31-79-53)47-25-48(64-78-47)77-22-4-16-66-18-20-67(21-19-66)39-11-9-34(10-12-39)37-23-41-42(27-61-54(41)60-26-37)52(72)50-43(58)13-14-44(51(50)59)65-80(75,76)68-17-15-38(57)28-68/h5-14,23,25-27,31-32,38,40,45-46,49,65,70-71H,4,15-22,24,28-30H2,1-3H3,(H,60,61)(H,63,73)/t38-,40-,45+,46+,49+/m1/s1. The van der Waals surface area contributed by atoms with Crippen molar-refractivity contribution in [3.63, 3.8) is 0 Å². The number of H-pyrrole nitrogens is 1. The summed E-state index contributed by atoms with van der Waals surface area (Å²) in [4.78, 5) is 60.5. The number of carbonyl (C=O) groups is 3. The van der Waals surface area contributed by atoms with Gasteiger partial charge in [0.15, 0.2) is 11.6 Å². The molecule has 3 aliphatic rings. The fourth-order valence-electron chi connectivity index (χ4n) is 10.6. The van der Waals surface area contributed by atoms with Crippen LogP contribution in [0.4, 0.5) is 24.5 Å². The second-order valence-corrected chi connectivity index (χ2v) is 23.2. The molecule has 2 amide bonds. The number of ether oxygens (including phenoxy) is 1. The number of hydrogen-bond donors (Lipinski definition) is 5. The predicted molar refractivity (Wildman–Crippen MR) is 294 cm³/mol. The molecule has 3 saturated heterocycles. The van der Waals surface area contributed by atoms with E-state index >= 15 is 8.78 Å². The highest BCUT2D eigenvalue weighted by Crippen LogP contribution is 2.35. The highest BCUT2D eigenvalue weighted by Gasteiger charge is 2.44. The maximum atomic E-state index is 15.8. The quantitative estimate of drug-likeness (QED) is 0.0382. The van der Waals surface area contributed by atoms with Gasteiger partial charge in [-0.05, 0) is 77.9 Å². The van der Waals surface area contributed by atoms with Crippen molar-refractivity contribution in [2.24, 2.45) is 5.92 Å². The van der Waals surface area contributed by atoms with Crippen LogP contribution in [0.25, 0.3) is 32.6 Å². The highest BCUT2D eigenvalue weighted by molar-refractivity contribution is 7.90. The predicted octanol–water partition coefficient (Wildman–Crippen LogP) is 7.00. The molecular formula is C56H61F3N10O9S2. The third-order valence-electron chi connectivity index (χ3n) is 15.0. The number of nitrogens with one attached hydrogen (secondary N) is 3. The summed E-state index contributed by atoms with van der Waals surface area (Å²) in [6.45, 7) is 9.02. The average Bonchev–Trinajstić information content (AvgIpc) is 4.33. The summed E-state index contributed by atoms with van der Waals surface area (Å²) < 4.78 is 85.0. The van der Waals surface area contributed by atoms with Gasteiger partial charge >= 0.3 is 10.2 Å². The lowest BCUT2D eigenvalue weighted by atomic mass is 9.91. The number of aliphatic hydroxyl groups excluding tert-OH is 2. The molecule has 80 heavy (non-hydrogen) atoms. The number of halogens is 3. The minimum absolute atomic E-state index is 0.00962. The molecule has 3 fully saturated rings. The number of pyridine rings is 1. The fraction of sp³-hybridized carbons (Fsp3) is 0.393. The Labute approximate surface area is 463 Å².